The first-order chi connectivity index (χ1) is 18.5. The molecule has 1 saturated carbocycles. The maximum Gasteiger partial charge on any atom is 0.174 e. The molecule has 2 saturated heterocycles. The molecule has 3 aliphatic rings. The fourth-order valence-electron chi connectivity index (χ4n) is 7.04. The minimum Gasteiger partial charge on any atom is -0.370 e. The van der Waals surface area contributed by atoms with Crippen molar-refractivity contribution in [3.63, 3.8) is 0 Å². The van der Waals surface area contributed by atoms with Gasteiger partial charge in [0.1, 0.15) is 6.04 Å². The molecule has 3 aromatic rings. The molecule has 0 radical (unpaired) electrons. The van der Waals surface area contributed by atoms with E-state index in [-0.39, 0.29) is 12.1 Å². The lowest BCUT2D eigenvalue weighted by molar-refractivity contribution is 0.340. The Hall–Kier alpha value is -2.57. The number of hydrogen-bond acceptors (Lipinski definition) is 3. The van der Waals surface area contributed by atoms with E-state index >= 15 is 0 Å². The van der Waals surface area contributed by atoms with Crippen molar-refractivity contribution in [2.45, 2.75) is 70.5 Å². The molecule has 0 bridgehead atoms. The van der Waals surface area contributed by atoms with Crippen LogP contribution < -0.4 is 15.1 Å². The molecule has 0 amide bonds. The maximum absolute atomic E-state index is 7.01. The zero-order valence-corrected chi connectivity index (χ0v) is 24.0. The number of nitrogens with zero attached hydrogens (tertiary/aromatic N) is 4. The van der Waals surface area contributed by atoms with Crippen LogP contribution in [0, 0.1) is 11.8 Å². The third-order valence-corrected chi connectivity index (χ3v) is 9.22. The quantitative estimate of drug-likeness (QED) is 0.331. The highest BCUT2D eigenvalue weighted by Crippen LogP contribution is 2.45. The number of benzene rings is 1. The normalized spacial score (nSPS) is 26.6. The highest BCUT2D eigenvalue weighted by atomic mass is 35.5. The second-order valence-corrected chi connectivity index (χ2v) is 12.4. The van der Waals surface area contributed by atoms with E-state index in [2.05, 4.69) is 82.2 Å². The van der Waals surface area contributed by atoms with Crippen molar-refractivity contribution in [3.8, 4) is 0 Å². The fraction of sp³-hybridized carbons (Fsp3) is 0.484. The molecule has 1 aliphatic carbocycles. The number of halogens is 1. The Bertz CT molecular complexity index is 1260. The van der Waals surface area contributed by atoms with Crippen molar-refractivity contribution in [3.05, 3.63) is 77.3 Å². The monoisotopic (exact) mass is 547 g/mol. The average molecular weight is 548 g/mol. The summed E-state index contributed by atoms with van der Waals surface area (Å²) < 4.78 is 2.51. The smallest absolute Gasteiger partial charge is 0.174 e. The van der Waals surface area contributed by atoms with E-state index in [4.69, 9.17) is 28.8 Å². The number of rotatable bonds is 5. The predicted octanol–water partition coefficient (Wildman–Crippen LogP) is 7.70. The molecular weight excluding hydrogens is 510 g/mol. The van der Waals surface area contributed by atoms with Gasteiger partial charge < -0.3 is 19.7 Å². The molecule has 0 unspecified atom stereocenters. The van der Waals surface area contributed by atoms with E-state index in [1.807, 2.05) is 12.3 Å². The van der Waals surface area contributed by atoms with E-state index in [9.17, 15) is 0 Å². The Balaban J connectivity index is 1.39. The van der Waals surface area contributed by atoms with Crippen LogP contribution in [0.4, 0.5) is 11.4 Å². The highest BCUT2D eigenvalue weighted by molar-refractivity contribution is 7.80. The number of thiocarbonyl (C=S) groups is 1. The molecule has 4 heterocycles. The SMILES string of the molecule is C[C@@H]1C[C@@H](C)CN(c2ccc(N3C(=S)N[C@@H](c4ccccn4)[C@@H]3c3cccn3C3CCCCC3)cc2Cl)C1. The molecular formula is C31H38ClN5S. The van der Waals surface area contributed by atoms with Crippen molar-refractivity contribution in [1.29, 1.82) is 0 Å². The number of nitrogens with one attached hydrogen (secondary N) is 1. The van der Waals surface area contributed by atoms with E-state index in [0.717, 1.165) is 35.2 Å². The standard InChI is InChI=1S/C31H38ClN5S/c1-21-17-22(2)20-35(19-21)27-14-13-24(18-25(27)32)37-30(29(34-31(37)38)26-11-6-7-15-33-26)28-12-8-16-36(28)23-9-4-3-5-10-23/h6-8,11-16,18,21-23,29-30H,3-5,9-10,17,19-20H2,1-2H3,(H,34,38)/t21-,22-,29+,30+/m1/s1. The lowest BCUT2D eigenvalue weighted by Gasteiger charge is -2.37. The molecule has 3 fully saturated rings. The minimum absolute atomic E-state index is 0.0220. The van der Waals surface area contributed by atoms with Crippen LogP contribution in [-0.4, -0.2) is 27.8 Å². The summed E-state index contributed by atoms with van der Waals surface area (Å²) in [6.45, 7) is 6.77. The van der Waals surface area contributed by atoms with Crippen LogP contribution in [0.3, 0.4) is 0 Å². The van der Waals surface area contributed by atoms with Crippen LogP contribution in [0.25, 0.3) is 0 Å². The van der Waals surface area contributed by atoms with Gasteiger partial charge in [0.25, 0.3) is 0 Å². The van der Waals surface area contributed by atoms with Crippen molar-refractivity contribution < 1.29 is 0 Å². The minimum atomic E-state index is -0.0526. The van der Waals surface area contributed by atoms with Crippen LogP contribution >= 0.6 is 23.8 Å². The van der Waals surface area contributed by atoms with Crippen molar-refractivity contribution in [2.24, 2.45) is 11.8 Å². The Morgan fingerprint density at radius 3 is 2.47 bits per heavy atom. The lowest BCUT2D eigenvalue weighted by Crippen LogP contribution is -2.39. The van der Waals surface area contributed by atoms with Gasteiger partial charge in [-0.15, -0.1) is 0 Å². The molecule has 6 rings (SSSR count). The van der Waals surface area contributed by atoms with Gasteiger partial charge in [-0.25, -0.2) is 0 Å². The third-order valence-electron chi connectivity index (χ3n) is 8.60. The van der Waals surface area contributed by atoms with Crippen LogP contribution in [0.5, 0.6) is 0 Å². The summed E-state index contributed by atoms with van der Waals surface area (Å²) >= 11 is 13.0. The highest BCUT2D eigenvalue weighted by Gasteiger charge is 2.42. The topological polar surface area (TPSA) is 36.3 Å². The molecule has 0 spiro atoms. The van der Waals surface area contributed by atoms with Crippen LogP contribution in [-0.2, 0) is 0 Å². The Morgan fingerprint density at radius 2 is 1.76 bits per heavy atom. The Morgan fingerprint density at radius 1 is 0.974 bits per heavy atom. The number of anilines is 2. The zero-order valence-electron chi connectivity index (χ0n) is 22.4. The van der Waals surface area contributed by atoms with Gasteiger partial charge in [0.15, 0.2) is 5.11 Å². The summed E-state index contributed by atoms with van der Waals surface area (Å²) in [5.41, 5.74) is 4.42. The molecule has 1 aromatic carbocycles. The number of pyridine rings is 1. The second kappa shape index (κ2) is 10.9. The molecule has 5 nitrogen and oxygen atoms in total. The number of hydrogen-bond donors (Lipinski definition) is 1. The van der Waals surface area contributed by atoms with Gasteiger partial charge in [-0.1, -0.05) is 50.8 Å². The summed E-state index contributed by atoms with van der Waals surface area (Å²) in [7, 11) is 0. The molecule has 7 heteroatoms. The van der Waals surface area contributed by atoms with Crippen molar-refractivity contribution in [2.75, 3.05) is 22.9 Å². The van der Waals surface area contributed by atoms with Crippen molar-refractivity contribution >= 4 is 40.3 Å². The predicted molar refractivity (Wildman–Crippen MR) is 161 cm³/mol. The number of piperidine rings is 1. The number of aromatic nitrogens is 2. The first-order valence-corrected chi connectivity index (χ1v) is 15.0. The van der Waals surface area contributed by atoms with Crippen LogP contribution in [0.15, 0.2) is 60.9 Å². The first-order valence-electron chi connectivity index (χ1n) is 14.2. The lowest BCUT2D eigenvalue weighted by atomic mass is 9.91. The van der Waals surface area contributed by atoms with E-state index < -0.39 is 0 Å². The average Bonchev–Trinajstić information content (AvgIpc) is 3.53. The fourth-order valence-corrected chi connectivity index (χ4v) is 7.68. The first kappa shape index (κ1) is 25.7. The zero-order chi connectivity index (χ0) is 26.2. The molecule has 1 N–H and O–H groups in total. The van der Waals surface area contributed by atoms with Gasteiger partial charge >= 0.3 is 0 Å². The molecule has 2 aliphatic heterocycles. The van der Waals surface area contributed by atoms with E-state index in [1.54, 1.807) is 0 Å². The summed E-state index contributed by atoms with van der Waals surface area (Å²) in [4.78, 5) is 9.46. The Labute approximate surface area is 237 Å². The van der Waals surface area contributed by atoms with Gasteiger partial charge in [0.05, 0.1) is 22.4 Å². The van der Waals surface area contributed by atoms with E-state index in [1.165, 1.54) is 44.2 Å². The molecule has 38 heavy (non-hydrogen) atoms. The second-order valence-electron chi connectivity index (χ2n) is 11.6. The largest absolute Gasteiger partial charge is 0.370 e. The molecule has 200 valence electrons. The molecule has 4 atom stereocenters. The van der Waals surface area contributed by atoms with Crippen LogP contribution in [0.2, 0.25) is 5.02 Å². The summed E-state index contributed by atoms with van der Waals surface area (Å²) in [6.07, 6.45) is 11.8. The van der Waals surface area contributed by atoms with Gasteiger partial charge in [0, 0.05) is 42.9 Å². The summed E-state index contributed by atoms with van der Waals surface area (Å²) in [6, 6.07) is 17.5. The Kier molecular flexibility index (Phi) is 7.37. The van der Waals surface area contributed by atoms with Gasteiger partial charge in [-0.2, -0.15) is 0 Å². The summed E-state index contributed by atoms with van der Waals surface area (Å²) in [5, 5.41) is 5.12. The van der Waals surface area contributed by atoms with Gasteiger partial charge in [-0.05, 0) is 85.8 Å². The van der Waals surface area contributed by atoms with Crippen molar-refractivity contribution in [1.82, 2.24) is 14.9 Å². The van der Waals surface area contributed by atoms with Gasteiger partial charge in [0.2, 0.25) is 0 Å². The van der Waals surface area contributed by atoms with Gasteiger partial charge in [-0.3, -0.25) is 4.98 Å². The third kappa shape index (κ3) is 4.93. The van der Waals surface area contributed by atoms with Crippen LogP contribution in [0.1, 0.15) is 81.9 Å². The maximum atomic E-state index is 7.01. The van der Waals surface area contributed by atoms with E-state index in [0.29, 0.717) is 23.0 Å². The summed E-state index contributed by atoms with van der Waals surface area (Å²) in [5.74, 6) is 1.34. The molecule has 2 aromatic heterocycles.